The van der Waals surface area contributed by atoms with E-state index in [1.165, 1.54) is 18.3 Å². The molecule has 0 saturated carbocycles. The maximum atomic E-state index is 12.9. The highest BCUT2D eigenvalue weighted by Gasteiger charge is 2.32. The summed E-state index contributed by atoms with van der Waals surface area (Å²) in [4.78, 5) is 73.7. The van der Waals surface area contributed by atoms with Gasteiger partial charge < -0.3 is 15.5 Å². The van der Waals surface area contributed by atoms with Gasteiger partial charge >= 0.3 is 5.97 Å². The van der Waals surface area contributed by atoms with Crippen molar-refractivity contribution in [2.45, 2.75) is 45.1 Å². The molecular weight excluding hydrogens is 530 g/mol. The number of imide groups is 1. The number of aryl methyl sites for hydroxylation is 1. The Morgan fingerprint density at radius 1 is 1.03 bits per heavy atom. The molecular formula is C25H29N5O8S. The highest BCUT2D eigenvalue weighted by Crippen LogP contribution is 2.17. The summed E-state index contributed by atoms with van der Waals surface area (Å²) in [6.45, 7) is 1.98. The summed E-state index contributed by atoms with van der Waals surface area (Å²) in [6, 6.07) is 5.19. The number of hydrogen-bond donors (Lipinski definition) is 2. The van der Waals surface area contributed by atoms with Gasteiger partial charge in [0.25, 0.3) is 17.7 Å². The molecule has 1 fully saturated rings. The topological polar surface area (TPSA) is 182 Å². The molecule has 3 heterocycles. The van der Waals surface area contributed by atoms with Crippen molar-refractivity contribution in [3.05, 3.63) is 47.8 Å². The first-order valence-corrected chi connectivity index (χ1v) is 14.2. The Morgan fingerprint density at radius 3 is 2.31 bits per heavy atom. The van der Waals surface area contributed by atoms with Crippen molar-refractivity contribution in [2.24, 2.45) is 0 Å². The van der Waals surface area contributed by atoms with Gasteiger partial charge in [0, 0.05) is 50.0 Å². The molecule has 208 valence electrons. The lowest BCUT2D eigenvalue weighted by Crippen LogP contribution is -2.50. The molecule has 1 unspecified atom stereocenters. The Labute approximate surface area is 225 Å². The van der Waals surface area contributed by atoms with E-state index in [1.807, 2.05) is 13.0 Å². The Hall–Kier alpha value is -4.20. The second-order valence-electron chi connectivity index (χ2n) is 9.06. The van der Waals surface area contributed by atoms with Gasteiger partial charge in [0.05, 0.1) is 17.1 Å². The lowest BCUT2D eigenvalue weighted by Gasteiger charge is -2.18. The molecule has 13 nitrogen and oxygen atoms in total. The standard InChI is InChI=1S/C25H29N5O8S/c1-16-8-11-26-18(13-16)19-14-17(9-12-27-19)24(34)29-20(15-39(2,36)37)25(35)28-10-4-3-5-23(33)38-30-21(31)6-7-22(30)32/h8-9,11-14,20H,3-7,10,15H2,1-2H3,(H,28,35)(H,29,34). The Bertz CT molecular complexity index is 1360. The summed E-state index contributed by atoms with van der Waals surface area (Å²) in [5.74, 6) is -3.90. The first kappa shape index (κ1) is 29.4. The number of hydroxylamine groups is 2. The van der Waals surface area contributed by atoms with Crippen LogP contribution in [0.15, 0.2) is 36.7 Å². The van der Waals surface area contributed by atoms with Crippen molar-refractivity contribution < 1.29 is 37.2 Å². The maximum absolute atomic E-state index is 12.9. The molecule has 2 aromatic heterocycles. The van der Waals surface area contributed by atoms with Crippen LogP contribution < -0.4 is 10.6 Å². The van der Waals surface area contributed by atoms with Crippen LogP contribution in [-0.2, 0) is 33.9 Å². The number of carbonyl (C=O) groups is 5. The quantitative estimate of drug-likeness (QED) is 0.274. The summed E-state index contributed by atoms with van der Waals surface area (Å²) >= 11 is 0. The summed E-state index contributed by atoms with van der Waals surface area (Å²) in [5.41, 5.74) is 2.11. The number of nitrogens with one attached hydrogen (secondary N) is 2. The van der Waals surface area contributed by atoms with E-state index in [4.69, 9.17) is 4.84 Å². The Balaban J connectivity index is 1.53. The lowest BCUT2D eigenvalue weighted by atomic mass is 10.1. The van der Waals surface area contributed by atoms with Crippen LogP contribution in [-0.4, -0.2) is 77.6 Å². The molecule has 1 saturated heterocycles. The first-order valence-electron chi connectivity index (χ1n) is 12.1. The molecule has 1 atom stereocenters. The van der Waals surface area contributed by atoms with Crippen molar-refractivity contribution in [3.8, 4) is 11.4 Å². The zero-order valence-electron chi connectivity index (χ0n) is 21.5. The number of amides is 4. The number of rotatable bonds is 12. The van der Waals surface area contributed by atoms with E-state index in [9.17, 15) is 32.4 Å². The number of pyridine rings is 2. The summed E-state index contributed by atoms with van der Waals surface area (Å²) in [6.07, 6.45) is 4.46. The summed E-state index contributed by atoms with van der Waals surface area (Å²) in [7, 11) is -3.64. The SMILES string of the molecule is Cc1ccnc(-c2cc(C(=O)NC(CS(C)(=O)=O)C(=O)NCCCCC(=O)ON3C(=O)CCC3=O)ccn2)c1. The minimum absolute atomic E-state index is 0.00438. The third-order valence-corrected chi connectivity index (χ3v) is 6.54. The van der Waals surface area contributed by atoms with Crippen molar-refractivity contribution >= 4 is 39.4 Å². The second kappa shape index (κ2) is 13.0. The van der Waals surface area contributed by atoms with Gasteiger partial charge in [-0.15, -0.1) is 5.06 Å². The molecule has 1 aliphatic rings. The highest BCUT2D eigenvalue weighted by molar-refractivity contribution is 7.90. The molecule has 2 aromatic rings. The van der Waals surface area contributed by atoms with Gasteiger partial charge in [0.1, 0.15) is 15.9 Å². The van der Waals surface area contributed by atoms with E-state index in [2.05, 4.69) is 20.6 Å². The fourth-order valence-electron chi connectivity index (χ4n) is 3.65. The van der Waals surface area contributed by atoms with Crippen LogP contribution in [0, 0.1) is 6.92 Å². The van der Waals surface area contributed by atoms with Gasteiger partial charge in [-0.1, -0.05) is 0 Å². The molecule has 0 spiro atoms. The third-order valence-electron chi connectivity index (χ3n) is 5.60. The number of unbranched alkanes of at least 4 members (excludes halogenated alkanes) is 1. The van der Waals surface area contributed by atoms with Crippen LogP contribution in [0.2, 0.25) is 0 Å². The molecule has 0 radical (unpaired) electrons. The second-order valence-corrected chi connectivity index (χ2v) is 11.2. The van der Waals surface area contributed by atoms with E-state index in [0.717, 1.165) is 11.8 Å². The highest BCUT2D eigenvalue weighted by atomic mass is 32.2. The van der Waals surface area contributed by atoms with E-state index in [-0.39, 0.29) is 37.8 Å². The van der Waals surface area contributed by atoms with Crippen molar-refractivity contribution in [2.75, 3.05) is 18.6 Å². The Kier molecular flexibility index (Phi) is 9.82. The number of hydrogen-bond acceptors (Lipinski definition) is 10. The smallest absolute Gasteiger partial charge is 0.333 e. The van der Waals surface area contributed by atoms with Gasteiger partial charge in [-0.25, -0.2) is 13.2 Å². The van der Waals surface area contributed by atoms with Crippen LogP contribution in [0.5, 0.6) is 0 Å². The molecule has 2 N–H and O–H groups in total. The van der Waals surface area contributed by atoms with Crippen LogP contribution >= 0.6 is 0 Å². The molecule has 0 bridgehead atoms. The first-order chi connectivity index (χ1) is 18.4. The molecule has 1 aliphatic heterocycles. The number of sulfone groups is 1. The molecule has 0 aliphatic carbocycles. The summed E-state index contributed by atoms with van der Waals surface area (Å²) < 4.78 is 23.8. The minimum atomic E-state index is -3.64. The van der Waals surface area contributed by atoms with Crippen LogP contribution in [0.4, 0.5) is 0 Å². The van der Waals surface area contributed by atoms with Gasteiger partial charge in [-0.2, -0.15) is 0 Å². The number of nitrogens with zero attached hydrogens (tertiary/aromatic N) is 3. The van der Waals surface area contributed by atoms with E-state index in [1.54, 1.807) is 12.3 Å². The van der Waals surface area contributed by atoms with Gasteiger partial charge in [0.15, 0.2) is 0 Å². The van der Waals surface area contributed by atoms with Crippen molar-refractivity contribution in [1.82, 2.24) is 25.7 Å². The van der Waals surface area contributed by atoms with Crippen molar-refractivity contribution in [3.63, 3.8) is 0 Å². The van der Waals surface area contributed by atoms with E-state index >= 15 is 0 Å². The van der Waals surface area contributed by atoms with Crippen LogP contribution in [0.25, 0.3) is 11.4 Å². The number of carbonyl (C=O) groups excluding carboxylic acids is 5. The summed E-state index contributed by atoms with van der Waals surface area (Å²) in [5, 5.41) is 5.49. The normalized spacial score (nSPS) is 14.2. The fourth-order valence-corrected chi connectivity index (χ4v) is 4.49. The van der Waals surface area contributed by atoms with E-state index in [0.29, 0.717) is 22.9 Å². The molecule has 4 amide bonds. The monoisotopic (exact) mass is 559 g/mol. The maximum Gasteiger partial charge on any atom is 0.333 e. The average molecular weight is 560 g/mol. The van der Waals surface area contributed by atoms with Crippen molar-refractivity contribution in [1.29, 1.82) is 0 Å². The zero-order chi connectivity index (χ0) is 28.6. The number of aromatic nitrogens is 2. The molecule has 39 heavy (non-hydrogen) atoms. The molecule has 14 heteroatoms. The molecule has 0 aromatic carbocycles. The van der Waals surface area contributed by atoms with Gasteiger partial charge in [-0.3, -0.25) is 29.1 Å². The largest absolute Gasteiger partial charge is 0.354 e. The zero-order valence-corrected chi connectivity index (χ0v) is 22.3. The fraction of sp³-hybridized carbons (Fsp3) is 0.400. The van der Waals surface area contributed by atoms with Crippen LogP contribution in [0.1, 0.15) is 48.0 Å². The Morgan fingerprint density at radius 2 is 1.67 bits per heavy atom. The van der Waals surface area contributed by atoms with Crippen LogP contribution in [0.3, 0.4) is 0 Å². The van der Waals surface area contributed by atoms with Gasteiger partial charge in [0.2, 0.25) is 5.91 Å². The predicted octanol–water partition coefficient (Wildman–Crippen LogP) is 0.489. The lowest BCUT2D eigenvalue weighted by molar-refractivity contribution is -0.197. The average Bonchev–Trinajstić information content (AvgIpc) is 3.19. The van der Waals surface area contributed by atoms with E-state index < -0.39 is 51.2 Å². The third kappa shape index (κ3) is 8.95. The minimum Gasteiger partial charge on any atom is -0.354 e. The predicted molar refractivity (Wildman–Crippen MR) is 137 cm³/mol. The van der Waals surface area contributed by atoms with Gasteiger partial charge in [-0.05, 0) is 49.6 Å². The molecule has 3 rings (SSSR count).